The van der Waals surface area contributed by atoms with Gasteiger partial charge in [0.25, 0.3) is 12.3 Å². The lowest BCUT2D eigenvalue weighted by Gasteiger charge is -2.36. The highest BCUT2D eigenvalue weighted by atomic mass is 32.2. The fourth-order valence-corrected chi connectivity index (χ4v) is 5.19. The number of amides is 1. The summed E-state index contributed by atoms with van der Waals surface area (Å²) in [7, 11) is 0. The van der Waals surface area contributed by atoms with E-state index in [0.29, 0.717) is 22.8 Å². The number of amidine groups is 1. The summed E-state index contributed by atoms with van der Waals surface area (Å²) in [4.78, 5) is 21.2. The highest BCUT2D eigenvalue weighted by molar-refractivity contribution is 8.13. The first-order valence-electron chi connectivity index (χ1n) is 9.84. The van der Waals surface area contributed by atoms with Crippen molar-refractivity contribution in [3.05, 3.63) is 53.6 Å². The molecule has 1 saturated carbocycles. The smallest absolute Gasteiger partial charge is 0.274 e. The number of hydrogen-bond acceptors (Lipinski definition) is 6. The number of aliphatic imine (C=N–C) groups is 1. The van der Waals surface area contributed by atoms with Crippen LogP contribution in [0.25, 0.3) is 0 Å². The number of hydrogen-bond donors (Lipinski definition) is 2. The number of halogens is 3. The van der Waals surface area contributed by atoms with Crippen molar-refractivity contribution in [1.29, 1.82) is 0 Å². The third-order valence-electron chi connectivity index (χ3n) is 5.56. The lowest BCUT2D eigenvalue weighted by molar-refractivity contribution is 0.0816. The molecule has 0 saturated heterocycles. The summed E-state index contributed by atoms with van der Waals surface area (Å²) in [6.07, 6.45) is 1.18. The lowest BCUT2D eigenvalue weighted by atomic mass is 9.81. The van der Waals surface area contributed by atoms with Crippen molar-refractivity contribution in [3.8, 4) is 5.75 Å². The third-order valence-corrected chi connectivity index (χ3v) is 6.52. The van der Waals surface area contributed by atoms with E-state index in [9.17, 15) is 18.0 Å². The zero-order valence-electron chi connectivity index (χ0n) is 16.5. The summed E-state index contributed by atoms with van der Waals surface area (Å²) in [6.45, 7) is -0.750. The number of aromatic nitrogens is 1. The van der Waals surface area contributed by atoms with Crippen molar-refractivity contribution in [1.82, 2.24) is 4.98 Å². The Bertz CT molecular complexity index is 1000. The second-order valence-corrected chi connectivity index (χ2v) is 8.54. The fraction of sp³-hybridized carbons (Fsp3) is 0.381. The van der Waals surface area contributed by atoms with Crippen molar-refractivity contribution < 1.29 is 22.7 Å². The van der Waals surface area contributed by atoms with Crippen LogP contribution in [0.15, 0.2) is 41.5 Å². The molecular weight excluding hydrogens is 429 g/mol. The first kappa shape index (κ1) is 21.5. The second-order valence-electron chi connectivity index (χ2n) is 7.50. The van der Waals surface area contributed by atoms with Crippen LogP contribution in [0.4, 0.5) is 18.9 Å². The van der Waals surface area contributed by atoms with Crippen molar-refractivity contribution >= 4 is 28.5 Å². The van der Waals surface area contributed by atoms with E-state index < -0.39 is 24.5 Å². The molecule has 10 heteroatoms. The Kier molecular flexibility index (Phi) is 6.08. The first-order valence-corrected chi connectivity index (χ1v) is 10.8. The number of benzene rings is 1. The van der Waals surface area contributed by atoms with E-state index in [4.69, 9.17) is 10.5 Å². The van der Waals surface area contributed by atoms with Crippen LogP contribution in [-0.4, -0.2) is 34.8 Å². The van der Waals surface area contributed by atoms with Crippen LogP contribution in [-0.2, 0) is 5.54 Å². The van der Waals surface area contributed by atoms with Gasteiger partial charge in [0.1, 0.15) is 23.9 Å². The van der Waals surface area contributed by atoms with E-state index in [2.05, 4.69) is 15.3 Å². The quantitative estimate of drug-likeness (QED) is 0.689. The Labute approximate surface area is 181 Å². The molecule has 2 aromatic rings. The monoisotopic (exact) mass is 450 g/mol. The Morgan fingerprint density at radius 3 is 2.94 bits per heavy atom. The Balaban J connectivity index is 1.54. The number of pyridine rings is 1. The van der Waals surface area contributed by atoms with Crippen molar-refractivity contribution in [2.45, 2.75) is 31.2 Å². The van der Waals surface area contributed by atoms with Gasteiger partial charge in [0.05, 0.1) is 11.7 Å². The van der Waals surface area contributed by atoms with Crippen LogP contribution in [0, 0.1) is 11.7 Å². The minimum Gasteiger partial charge on any atom is -0.486 e. The maximum absolute atomic E-state index is 14.8. The average Bonchev–Trinajstić information content (AvgIpc) is 3.17. The molecule has 164 valence electrons. The van der Waals surface area contributed by atoms with E-state index in [0.717, 1.165) is 18.6 Å². The van der Waals surface area contributed by atoms with Crippen molar-refractivity contribution in [2.75, 3.05) is 17.7 Å². The average molecular weight is 450 g/mol. The molecule has 3 N–H and O–H groups in total. The molecular formula is C21H21F3N4O2S. The highest BCUT2D eigenvalue weighted by Gasteiger charge is 2.48. The van der Waals surface area contributed by atoms with Gasteiger partial charge in [-0.2, -0.15) is 0 Å². The molecule has 0 spiro atoms. The van der Waals surface area contributed by atoms with Crippen LogP contribution < -0.4 is 15.8 Å². The molecule has 1 aromatic heterocycles. The maximum atomic E-state index is 14.8. The molecule has 0 unspecified atom stereocenters. The van der Waals surface area contributed by atoms with E-state index in [1.165, 1.54) is 42.2 Å². The van der Waals surface area contributed by atoms with Crippen LogP contribution in [0.5, 0.6) is 5.75 Å². The summed E-state index contributed by atoms with van der Waals surface area (Å²) in [5.41, 5.74) is 6.18. The fourth-order valence-electron chi connectivity index (χ4n) is 4.15. The molecule has 0 bridgehead atoms. The number of carbonyl (C=O) groups excluding carboxylic acids is 1. The molecule has 4 rings (SSSR count). The Hall–Kier alpha value is -2.75. The van der Waals surface area contributed by atoms with Crippen LogP contribution >= 0.6 is 11.8 Å². The summed E-state index contributed by atoms with van der Waals surface area (Å²) in [5, 5.41) is 3.16. The van der Waals surface area contributed by atoms with Gasteiger partial charge in [-0.25, -0.2) is 18.2 Å². The molecule has 0 radical (unpaired) electrons. The number of nitrogens with zero attached hydrogens (tertiary/aromatic N) is 2. The van der Waals surface area contributed by atoms with Gasteiger partial charge in [0.2, 0.25) is 0 Å². The molecule has 2 atom stereocenters. The largest absolute Gasteiger partial charge is 0.486 e. The van der Waals surface area contributed by atoms with E-state index >= 15 is 0 Å². The summed E-state index contributed by atoms with van der Waals surface area (Å²) in [6, 6.07) is 7.16. The topological polar surface area (TPSA) is 89.6 Å². The first-order chi connectivity index (χ1) is 14.9. The van der Waals surface area contributed by atoms with Crippen molar-refractivity contribution in [2.24, 2.45) is 16.6 Å². The molecule has 31 heavy (non-hydrogen) atoms. The molecule has 1 aliphatic heterocycles. The van der Waals surface area contributed by atoms with E-state index in [1.54, 1.807) is 6.07 Å². The van der Waals surface area contributed by atoms with Gasteiger partial charge in [0, 0.05) is 17.0 Å². The Morgan fingerprint density at radius 2 is 2.19 bits per heavy atom. The van der Waals surface area contributed by atoms with Crippen LogP contribution in [0.1, 0.15) is 35.3 Å². The van der Waals surface area contributed by atoms with Gasteiger partial charge in [-0.15, -0.1) is 0 Å². The number of ether oxygens (including phenoxy) is 1. The zero-order valence-corrected chi connectivity index (χ0v) is 17.3. The number of anilines is 1. The van der Waals surface area contributed by atoms with Crippen molar-refractivity contribution in [3.63, 3.8) is 0 Å². The summed E-state index contributed by atoms with van der Waals surface area (Å²) >= 11 is 1.49. The van der Waals surface area contributed by atoms with Gasteiger partial charge in [-0.1, -0.05) is 18.2 Å². The minimum atomic E-state index is -2.60. The molecule has 1 fully saturated rings. The van der Waals surface area contributed by atoms with Gasteiger partial charge < -0.3 is 15.8 Å². The zero-order chi connectivity index (χ0) is 22.0. The van der Waals surface area contributed by atoms with Crippen LogP contribution in [0.3, 0.4) is 0 Å². The number of nitrogens with one attached hydrogen (secondary N) is 1. The maximum Gasteiger partial charge on any atom is 0.274 e. The van der Waals surface area contributed by atoms with E-state index in [-0.39, 0.29) is 23.2 Å². The normalized spacial score (nSPS) is 22.7. The number of fused-ring (bicyclic) bond motifs is 1. The predicted octanol–water partition coefficient (Wildman–Crippen LogP) is 4.17. The van der Waals surface area contributed by atoms with Gasteiger partial charge >= 0.3 is 0 Å². The molecule has 1 amide bonds. The molecule has 2 heterocycles. The standard InChI is InChI=1S/C21H21F3N4O2S/c22-16-5-3-13(8-15(16)21-7-1-2-12(21)11-31-20(25)28-21)27-19(29)17-6-4-14(9-26-17)30-10-18(23)24/h3-6,8-9,12,18H,1-2,7,10-11H2,(H2,25,28)(H,27,29)/t12-,21-/m0/s1. The molecule has 6 nitrogen and oxygen atoms in total. The second kappa shape index (κ2) is 8.78. The number of thioether (sulfide) groups is 1. The molecule has 1 aromatic carbocycles. The van der Waals surface area contributed by atoms with E-state index in [1.807, 2.05) is 0 Å². The van der Waals surface area contributed by atoms with Crippen LogP contribution in [0.2, 0.25) is 0 Å². The summed E-state index contributed by atoms with van der Waals surface area (Å²) in [5.74, 6) is 0.216. The van der Waals surface area contributed by atoms with Gasteiger partial charge in [-0.05, 0) is 49.1 Å². The third kappa shape index (κ3) is 4.48. The van der Waals surface area contributed by atoms with Gasteiger partial charge in [0.15, 0.2) is 5.17 Å². The number of carbonyl (C=O) groups is 1. The predicted molar refractivity (Wildman–Crippen MR) is 113 cm³/mol. The molecule has 1 aliphatic carbocycles. The SMILES string of the molecule is NC1=N[C@@]2(c3cc(NC(=O)c4ccc(OCC(F)F)cn4)ccc3F)CCC[C@H]2CS1. The number of rotatable bonds is 6. The summed E-state index contributed by atoms with van der Waals surface area (Å²) < 4.78 is 44.1. The molecule has 2 aliphatic rings. The lowest BCUT2D eigenvalue weighted by Crippen LogP contribution is -2.37. The number of alkyl halides is 2. The minimum absolute atomic E-state index is 0.0727. The highest BCUT2D eigenvalue weighted by Crippen LogP contribution is 2.51. The van der Waals surface area contributed by atoms with Gasteiger partial charge in [-0.3, -0.25) is 9.79 Å². The Morgan fingerprint density at radius 1 is 1.35 bits per heavy atom. The number of nitrogens with two attached hydrogens (primary N) is 1.